The van der Waals surface area contributed by atoms with Crippen LogP contribution < -0.4 is 10.1 Å². The predicted molar refractivity (Wildman–Crippen MR) is 78.0 cm³/mol. The maximum atomic E-state index is 11.7. The monoisotopic (exact) mass is 277 g/mol. The predicted octanol–water partition coefficient (Wildman–Crippen LogP) is 2.09. The minimum atomic E-state index is -0.257. The van der Waals surface area contributed by atoms with Crippen molar-refractivity contribution in [1.82, 2.24) is 5.32 Å². The third-order valence-corrected chi connectivity index (χ3v) is 3.77. The first-order valence-corrected chi connectivity index (χ1v) is 7.22. The van der Waals surface area contributed by atoms with Gasteiger partial charge in [-0.25, -0.2) is 0 Å². The van der Waals surface area contributed by atoms with Crippen molar-refractivity contribution in [2.75, 3.05) is 13.7 Å². The molecule has 110 valence electrons. The van der Waals surface area contributed by atoms with Crippen molar-refractivity contribution in [3.63, 3.8) is 0 Å². The van der Waals surface area contributed by atoms with Crippen molar-refractivity contribution in [3.8, 4) is 5.75 Å². The highest BCUT2D eigenvalue weighted by molar-refractivity contribution is 5.75. The molecular weight excluding hydrogens is 254 g/mol. The molecule has 0 heterocycles. The largest absolute Gasteiger partial charge is 0.497 e. The lowest BCUT2D eigenvalue weighted by Crippen LogP contribution is -2.44. The zero-order valence-corrected chi connectivity index (χ0v) is 12.4. The van der Waals surface area contributed by atoms with Crippen molar-refractivity contribution in [2.45, 2.75) is 45.2 Å². The highest BCUT2D eigenvalue weighted by Gasteiger charge is 2.23. The summed E-state index contributed by atoms with van der Waals surface area (Å²) in [6.07, 6.45) is 3.01. The van der Waals surface area contributed by atoms with E-state index in [-0.39, 0.29) is 12.0 Å². The number of esters is 1. The van der Waals surface area contributed by atoms with E-state index in [9.17, 15) is 4.79 Å². The van der Waals surface area contributed by atoms with E-state index < -0.39 is 0 Å². The van der Waals surface area contributed by atoms with E-state index in [1.807, 2.05) is 19.9 Å². The molecule has 0 aliphatic heterocycles. The SMILES string of the molecule is CCOC(=O)C(C)NC1CCc2ccc(OC)cc2C1. The number of aryl methyl sites for hydroxylation is 1. The van der Waals surface area contributed by atoms with Gasteiger partial charge in [0.2, 0.25) is 0 Å². The van der Waals surface area contributed by atoms with Crippen LogP contribution in [-0.2, 0) is 22.4 Å². The number of carbonyl (C=O) groups is 1. The molecule has 1 N–H and O–H groups in total. The summed E-state index contributed by atoms with van der Waals surface area (Å²) in [6, 6.07) is 6.30. The molecule has 0 spiro atoms. The lowest BCUT2D eigenvalue weighted by molar-refractivity contribution is -0.145. The van der Waals surface area contributed by atoms with Crippen molar-refractivity contribution in [3.05, 3.63) is 29.3 Å². The van der Waals surface area contributed by atoms with E-state index in [0.717, 1.165) is 25.0 Å². The zero-order valence-electron chi connectivity index (χ0n) is 12.4. The molecule has 0 amide bonds. The molecule has 0 aromatic heterocycles. The second kappa shape index (κ2) is 6.75. The van der Waals surface area contributed by atoms with Crippen LogP contribution in [0.25, 0.3) is 0 Å². The second-order valence-corrected chi connectivity index (χ2v) is 5.21. The molecule has 1 aromatic rings. The molecule has 2 unspecified atom stereocenters. The molecule has 1 aliphatic rings. The Bertz CT molecular complexity index is 473. The summed E-state index contributed by atoms with van der Waals surface area (Å²) in [5.74, 6) is 0.715. The molecular formula is C16H23NO3. The molecule has 0 saturated carbocycles. The zero-order chi connectivity index (χ0) is 14.5. The minimum Gasteiger partial charge on any atom is -0.497 e. The summed E-state index contributed by atoms with van der Waals surface area (Å²) in [5.41, 5.74) is 2.69. The maximum absolute atomic E-state index is 11.7. The Kier molecular flexibility index (Phi) is 5.01. The average Bonchev–Trinajstić information content (AvgIpc) is 2.46. The third kappa shape index (κ3) is 3.51. The van der Waals surface area contributed by atoms with Crippen LogP contribution in [0.15, 0.2) is 18.2 Å². The minimum absolute atomic E-state index is 0.177. The van der Waals surface area contributed by atoms with Gasteiger partial charge in [-0.05, 0) is 56.4 Å². The molecule has 0 fully saturated rings. The fraction of sp³-hybridized carbons (Fsp3) is 0.562. The number of rotatable bonds is 5. The van der Waals surface area contributed by atoms with Gasteiger partial charge in [0.25, 0.3) is 0 Å². The molecule has 4 heteroatoms. The standard InChI is InChI=1S/C16H23NO3/c1-4-20-16(18)11(2)17-14-7-5-12-6-8-15(19-3)10-13(12)9-14/h6,8,10-11,14,17H,4-5,7,9H2,1-3H3. The summed E-state index contributed by atoms with van der Waals surface area (Å²) < 4.78 is 10.3. The van der Waals surface area contributed by atoms with Gasteiger partial charge in [0.05, 0.1) is 13.7 Å². The van der Waals surface area contributed by atoms with Crippen LogP contribution in [0.3, 0.4) is 0 Å². The summed E-state index contributed by atoms with van der Waals surface area (Å²) >= 11 is 0. The molecule has 2 rings (SSSR count). The van der Waals surface area contributed by atoms with E-state index in [1.165, 1.54) is 11.1 Å². The summed E-state index contributed by atoms with van der Waals surface area (Å²) in [4.78, 5) is 11.7. The molecule has 0 bridgehead atoms. The number of fused-ring (bicyclic) bond motifs is 1. The highest BCUT2D eigenvalue weighted by atomic mass is 16.5. The average molecular weight is 277 g/mol. The molecule has 4 nitrogen and oxygen atoms in total. The number of hydrogen-bond donors (Lipinski definition) is 1. The maximum Gasteiger partial charge on any atom is 0.322 e. The van der Waals surface area contributed by atoms with Gasteiger partial charge in [-0.15, -0.1) is 0 Å². The lowest BCUT2D eigenvalue weighted by atomic mass is 9.88. The van der Waals surface area contributed by atoms with E-state index >= 15 is 0 Å². The topological polar surface area (TPSA) is 47.6 Å². The Hall–Kier alpha value is -1.55. The molecule has 1 aliphatic carbocycles. The number of benzene rings is 1. The second-order valence-electron chi connectivity index (χ2n) is 5.21. The number of methoxy groups -OCH3 is 1. The van der Waals surface area contributed by atoms with Crippen molar-refractivity contribution < 1.29 is 14.3 Å². The van der Waals surface area contributed by atoms with E-state index in [1.54, 1.807) is 7.11 Å². The molecule has 0 saturated heterocycles. The Balaban J connectivity index is 1.98. The Morgan fingerprint density at radius 1 is 1.45 bits per heavy atom. The number of hydrogen-bond acceptors (Lipinski definition) is 4. The first kappa shape index (κ1) is 14.9. The highest BCUT2D eigenvalue weighted by Crippen LogP contribution is 2.25. The van der Waals surface area contributed by atoms with Gasteiger partial charge in [0.15, 0.2) is 0 Å². The Labute approximate surface area is 120 Å². The number of ether oxygens (including phenoxy) is 2. The summed E-state index contributed by atoms with van der Waals surface area (Å²) in [6.45, 7) is 4.11. The van der Waals surface area contributed by atoms with Gasteiger partial charge in [-0.1, -0.05) is 6.07 Å². The van der Waals surface area contributed by atoms with Crippen LogP contribution >= 0.6 is 0 Å². The third-order valence-electron chi connectivity index (χ3n) is 3.77. The summed E-state index contributed by atoms with van der Waals surface area (Å²) in [7, 11) is 1.68. The molecule has 0 radical (unpaired) electrons. The van der Waals surface area contributed by atoms with E-state index in [4.69, 9.17) is 9.47 Å². The van der Waals surface area contributed by atoms with E-state index in [0.29, 0.717) is 12.6 Å². The van der Waals surface area contributed by atoms with Crippen LogP contribution in [0, 0.1) is 0 Å². The van der Waals surface area contributed by atoms with Crippen LogP contribution in [0.2, 0.25) is 0 Å². The van der Waals surface area contributed by atoms with Gasteiger partial charge in [-0.3, -0.25) is 4.79 Å². The van der Waals surface area contributed by atoms with Crippen molar-refractivity contribution in [1.29, 1.82) is 0 Å². The molecule has 20 heavy (non-hydrogen) atoms. The quantitative estimate of drug-likeness (QED) is 0.837. The van der Waals surface area contributed by atoms with Crippen LogP contribution in [-0.4, -0.2) is 31.8 Å². The Morgan fingerprint density at radius 2 is 2.25 bits per heavy atom. The van der Waals surface area contributed by atoms with Gasteiger partial charge in [-0.2, -0.15) is 0 Å². The Morgan fingerprint density at radius 3 is 2.95 bits per heavy atom. The van der Waals surface area contributed by atoms with E-state index in [2.05, 4.69) is 17.4 Å². The normalized spacial score (nSPS) is 19.1. The first-order chi connectivity index (χ1) is 9.63. The van der Waals surface area contributed by atoms with Crippen LogP contribution in [0.1, 0.15) is 31.4 Å². The first-order valence-electron chi connectivity index (χ1n) is 7.22. The van der Waals surface area contributed by atoms with Crippen molar-refractivity contribution >= 4 is 5.97 Å². The number of carbonyl (C=O) groups excluding carboxylic acids is 1. The molecule has 1 aromatic carbocycles. The lowest BCUT2D eigenvalue weighted by Gasteiger charge is -2.28. The summed E-state index contributed by atoms with van der Waals surface area (Å²) in [5, 5.41) is 3.37. The van der Waals surface area contributed by atoms with Crippen LogP contribution in [0.5, 0.6) is 5.75 Å². The van der Waals surface area contributed by atoms with Gasteiger partial charge < -0.3 is 14.8 Å². The fourth-order valence-corrected chi connectivity index (χ4v) is 2.69. The van der Waals surface area contributed by atoms with Gasteiger partial charge in [0.1, 0.15) is 11.8 Å². The van der Waals surface area contributed by atoms with Crippen LogP contribution in [0.4, 0.5) is 0 Å². The number of nitrogens with one attached hydrogen (secondary N) is 1. The van der Waals surface area contributed by atoms with Crippen molar-refractivity contribution in [2.24, 2.45) is 0 Å². The molecule has 2 atom stereocenters. The van der Waals surface area contributed by atoms with Gasteiger partial charge >= 0.3 is 5.97 Å². The van der Waals surface area contributed by atoms with Gasteiger partial charge in [0, 0.05) is 6.04 Å². The fourth-order valence-electron chi connectivity index (χ4n) is 2.69. The smallest absolute Gasteiger partial charge is 0.322 e.